The number of unbranched alkanes of at least 4 members (excludes halogenated alkanes) is 1. The van der Waals surface area contributed by atoms with Crippen molar-refractivity contribution in [3.05, 3.63) is 35.5 Å². The number of H-pyrrole nitrogens is 1. The number of rotatable bonds is 3. The number of hydrogen-bond donors (Lipinski definition) is 1. The SMILES string of the molecule is CCCCc1[nH]c2ccccc2c1C#N. The molecule has 2 rings (SSSR count). The maximum absolute atomic E-state index is 9.13. The molecule has 1 heterocycles. The Labute approximate surface area is 89.5 Å². The smallest absolute Gasteiger partial charge is 0.102 e. The minimum absolute atomic E-state index is 0.819. The van der Waals surface area contributed by atoms with E-state index in [1.54, 1.807) is 0 Å². The average molecular weight is 198 g/mol. The zero-order chi connectivity index (χ0) is 10.7. The van der Waals surface area contributed by atoms with Crippen molar-refractivity contribution in [1.29, 1.82) is 5.26 Å². The van der Waals surface area contributed by atoms with Crippen LogP contribution in [0.5, 0.6) is 0 Å². The molecule has 0 aliphatic heterocycles. The van der Waals surface area contributed by atoms with Crippen molar-refractivity contribution in [2.45, 2.75) is 26.2 Å². The maximum Gasteiger partial charge on any atom is 0.102 e. The zero-order valence-electron chi connectivity index (χ0n) is 8.88. The lowest BCUT2D eigenvalue weighted by atomic mass is 10.1. The van der Waals surface area contributed by atoms with Crippen LogP contribution in [0.15, 0.2) is 24.3 Å². The second-order valence-corrected chi connectivity index (χ2v) is 3.74. The van der Waals surface area contributed by atoms with Crippen molar-refractivity contribution in [2.75, 3.05) is 0 Å². The molecule has 1 N–H and O–H groups in total. The van der Waals surface area contributed by atoms with Gasteiger partial charge in [0.05, 0.1) is 5.56 Å². The number of aryl methyl sites for hydroxylation is 1. The van der Waals surface area contributed by atoms with Gasteiger partial charge in [0, 0.05) is 16.6 Å². The van der Waals surface area contributed by atoms with E-state index in [9.17, 15) is 0 Å². The number of aromatic nitrogens is 1. The van der Waals surface area contributed by atoms with E-state index in [2.05, 4.69) is 18.0 Å². The van der Waals surface area contributed by atoms with Crippen LogP contribution in [0.25, 0.3) is 10.9 Å². The van der Waals surface area contributed by atoms with Gasteiger partial charge in [-0.1, -0.05) is 31.5 Å². The van der Waals surface area contributed by atoms with E-state index in [1.165, 1.54) is 0 Å². The average Bonchev–Trinajstić information content (AvgIpc) is 2.63. The first-order valence-corrected chi connectivity index (χ1v) is 5.36. The summed E-state index contributed by atoms with van der Waals surface area (Å²) in [6.45, 7) is 2.16. The van der Waals surface area contributed by atoms with Gasteiger partial charge in [-0.2, -0.15) is 5.26 Å². The largest absolute Gasteiger partial charge is 0.357 e. The van der Waals surface area contributed by atoms with Crippen LogP contribution in [0.2, 0.25) is 0 Å². The first kappa shape index (κ1) is 9.79. The van der Waals surface area contributed by atoms with Crippen molar-refractivity contribution in [3.63, 3.8) is 0 Å². The topological polar surface area (TPSA) is 39.6 Å². The zero-order valence-corrected chi connectivity index (χ0v) is 8.88. The second kappa shape index (κ2) is 4.18. The van der Waals surface area contributed by atoms with Gasteiger partial charge in [0.15, 0.2) is 0 Å². The van der Waals surface area contributed by atoms with E-state index in [4.69, 9.17) is 5.26 Å². The molecule has 0 bridgehead atoms. The standard InChI is InChI=1S/C13H14N2/c1-2-3-7-13-11(9-14)10-6-4-5-8-12(10)15-13/h4-6,8,15H,2-3,7H2,1H3. The first-order chi connectivity index (χ1) is 7.36. The molecule has 0 aliphatic rings. The molecule has 0 amide bonds. The number of fused-ring (bicyclic) bond motifs is 1. The van der Waals surface area contributed by atoms with Crippen LogP contribution in [0, 0.1) is 11.3 Å². The predicted octanol–water partition coefficient (Wildman–Crippen LogP) is 3.38. The van der Waals surface area contributed by atoms with Gasteiger partial charge < -0.3 is 4.98 Å². The second-order valence-electron chi connectivity index (χ2n) is 3.74. The summed E-state index contributed by atoms with van der Waals surface area (Å²) in [5.74, 6) is 0. The number of nitriles is 1. The minimum atomic E-state index is 0.819. The summed E-state index contributed by atoms with van der Waals surface area (Å²) < 4.78 is 0. The van der Waals surface area contributed by atoms with E-state index in [0.717, 1.165) is 41.4 Å². The summed E-state index contributed by atoms with van der Waals surface area (Å²) in [6, 6.07) is 10.3. The fraction of sp³-hybridized carbons (Fsp3) is 0.308. The third-order valence-electron chi connectivity index (χ3n) is 2.68. The number of nitrogens with one attached hydrogen (secondary N) is 1. The highest BCUT2D eigenvalue weighted by Crippen LogP contribution is 2.22. The number of benzene rings is 1. The van der Waals surface area contributed by atoms with E-state index >= 15 is 0 Å². The Morgan fingerprint density at radius 1 is 1.33 bits per heavy atom. The maximum atomic E-state index is 9.13. The van der Waals surface area contributed by atoms with Crippen LogP contribution in [-0.2, 0) is 6.42 Å². The molecule has 15 heavy (non-hydrogen) atoms. The van der Waals surface area contributed by atoms with Crippen LogP contribution >= 0.6 is 0 Å². The quantitative estimate of drug-likeness (QED) is 0.806. The molecule has 0 atom stereocenters. The fourth-order valence-electron chi connectivity index (χ4n) is 1.87. The molecule has 76 valence electrons. The van der Waals surface area contributed by atoms with E-state index < -0.39 is 0 Å². The van der Waals surface area contributed by atoms with Crippen molar-refractivity contribution < 1.29 is 0 Å². The molecule has 1 aromatic heterocycles. The van der Waals surface area contributed by atoms with Gasteiger partial charge in [0.2, 0.25) is 0 Å². The number of para-hydroxylation sites is 1. The molecular formula is C13H14N2. The van der Waals surface area contributed by atoms with Gasteiger partial charge in [-0.15, -0.1) is 0 Å². The summed E-state index contributed by atoms with van der Waals surface area (Å²) in [5.41, 5.74) is 2.97. The number of aromatic amines is 1. The molecule has 0 aliphatic carbocycles. The molecule has 0 radical (unpaired) electrons. The fourth-order valence-corrected chi connectivity index (χ4v) is 1.87. The van der Waals surface area contributed by atoms with E-state index in [0.29, 0.717) is 0 Å². The molecule has 2 nitrogen and oxygen atoms in total. The molecule has 2 heteroatoms. The third kappa shape index (κ3) is 1.73. The minimum Gasteiger partial charge on any atom is -0.357 e. The van der Waals surface area contributed by atoms with Gasteiger partial charge in [0.1, 0.15) is 6.07 Å². The summed E-state index contributed by atoms with van der Waals surface area (Å²) in [6.07, 6.45) is 3.25. The van der Waals surface area contributed by atoms with Crippen molar-refractivity contribution in [1.82, 2.24) is 4.98 Å². The summed E-state index contributed by atoms with van der Waals surface area (Å²) in [7, 11) is 0. The normalized spacial score (nSPS) is 10.4. The van der Waals surface area contributed by atoms with Gasteiger partial charge in [-0.3, -0.25) is 0 Å². The first-order valence-electron chi connectivity index (χ1n) is 5.36. The van der Waals surface area contributed by atoms with Crippen LogP contribution in [0.4, 0.5) is 0 Å². The summed E-state index contributed by atoms with van der Waals surface area (Å²) in [5, 5.41) is 10.2. The Balaban J connectivity index is 2.50. The highest BCUT2D eigenvalue weighted by Gasteiger charge is 2.09. The van der Waals surface area contributed by atoms with Crippen molar-refractivity contribution >= 4 is 10.9 Å². The molecule has 0 unspecified atom stereocenters. The third-order valence-corrected chi connectivity index (χ3v) is 2.68. The van der Waals surface area contributed by atoms with Gasteiger partial charge in [-0.25, -0.2) is 0 Å². The van der Waals surface area contributed by atoms with Crippen molar-refractivity contribution in [3.8, 4) is 6.07 Å². The van der Waals surface area contributed by atoms with E-state index in [-0.39, 0.29) is 0 Å². The Kier molecular flexibility index (Phi) is 2.73. The predicted molar refractivity (Wildman–Crippen MR) is 61.6 cm³/mol. The van der Waals surface area contributed by atoms with Crippen molar-refractivity contribution in [2.24, 2.45) is 0 Å². The number of hydrogen-bond acceptors (Lipinski definition) is 1. The highest BCUT2D eigenvalue weighted by molar-refractivity contribution is 5.87. The monoisotopic (exact) mass is 198 g/mol. The Hall–Kier alpha value is -1.75. The van der Waals surface area contributed by atoms with Gasteiger partial charge in [0.25, 0.3) is 0 Å². The van der Waals surface area contributed by atoms with Crippen LogP contribution < -0.4 is 0 Å². The van der Waals surface area contributed by atoms with Crippen LogP contribution in [0.3, 0.4) is 0 Å². The van der Waals surface area contributed by atoms with E-state index in [1.807, 2.05) is 24.3 Å². The molecule has 1 aromatic carbocycles. The lowest BCUT2D eigenvalue weighted by Gasteiger charge is -1.95. The molecule has 2 aromatic rings. The molecule has 0 fully saturated rings. The van der Waals surface area contributed by atoms with Gasteiger partial charge >= 0.3 is 0 Å². The van der Waals surface area contributed by atoms with Crippen LogP contribution in [-0.4, -0.2) is 4.98 Å². The van der Waals surface area contributed by atoms with Crippen LogP contribution in [0.1, 0.15) is 31.0 Å². The molecule has 0 saturated carbocycles. The Morgan fingerprint density at radius 2 is 2.13 bits per heavy atom. The lowest BCUT2D eigenvalue weighted by molar-refractivity contribution is 0.781. The molecular weight excluding hydrogens is 184 g/mol. The molecule has 0 spiro atoms. The number of nitrogens with zero attached hydrogens (tertiary/aromatic N) is 1. The highest BCUT2D eigenvalue weighted by atomic mass is 14.7. The Morgan fingerprint density at radius 3 is 2.87 bits per heavy atom. The summed E-state index contributed by atoms with van der Waals surface area (Å²) >= 11 is 0. The Bertz CT molecular complexity index is 503. The van der Waals surface area contributed by atoms with Gasteiger partial charge in [-0.05, 0) is 18.9 Å². The summed E-state index contributed by atoms with van der Waals surface area (Å²) in [4.78, 5) is 3.33. The lowest BCUT2D eigenvalue weighted by Crippen LogP contribution is -1.87. The molecule has 0 saturated heterocycles.